The molecule has 6 heteroatoms. The van der Waals surface area contributed by atoms with Crippen LogP contribution in [-0.4, -0.2) is 30.4 Å². The average molecular weight is 392 g/mol. The molecule has 0 bridgehead atoms. The van der Waals surface area contributed by atoms with Gasteiger partial charge in [-0.3, -0.25) is 14.4 Å². The maximum atomic E-state index is 13.3. The van der Waals surface area contributed by atoms with Crippen LogP contribution in [0.1, 0.15) is 30.6 Å². The second-order valence-electron chi connectivity index (χ2n) is 7.03. The number of carbonyl (C=O) groups excluding carboxylic acids is 3. The van der Waals surface area contributed by atoms with Crippen molar-refractivity contribution in [3.05, 3.63) is 60.2 Å². The number of nitrogens with two attached hydrogens (primary N) is 1. The summed E-state index contributed by atoms with van der Waals surface area (Å²) in [6.45, 7) is 3.65. The summed E-state index contributed by atoms with van der Waals surface area (Å²) in [6, 6.07) is 16.2. The van der Waals surface area contributed by atoms with Gasteiger partial charge in [-0.25, -0.2) is 0 Å². The highest BCUT2D eigenvalue weighted by Crippen LogP contribution is 2.28. The van der Waals surface area contributed by atoms with Crippen LogP contribution in [0.4, 0.5) is 0 Å². The molecule has 0 saturated carbocycles. The monoisotopic (exact) mass is 392 g/mol. The smallest absolute Gasteiger partial charge is 0.306 e. The predicted octanol–water partition coefficient (Wildman–Crippen LogP) is 3.17. The van der Waals surface area contributed by atoms with E-state index in [0.29, 0.717) is 5.56 Å². The zero-order valence-electron chi connectivity index (χ0n) is 16.5. The number of esters is 1. The summed E-state index contributed by atoms with van der Waals surface area (Å²) in [5.41, 5.74) is 6.01. The summed E-state index contributed by atoms with van der Waals surface area (Å²) < 4.78 is 4.94. The lowest BCUT2D eigenvalue weighted by Crippen LogP contribution is -2.49. The van der Waals surface area contributed by atoms with Crippen LogP contribution in [-0.2, 0) is 14.3 Å². The highest BCUT2D eigenvalue weighted by Gasteiger charge is 2.28. The first-order chi connectivity index (χ1) is 13.9. The third-order valence-corrected chi connectivity index (χ3v) is 4.95. The zero-order chi connectivity index (χ0) is 21.0. The Bertz CT molecular complexity index is 1020. The van der Waals surface area contributed by atoms with Gasteiger partial charge in [0.2, 0.25) is 5.91 Å². The molecule has 0 aromatic heterocycles. The van der Waals surface area contributed by atoms with Crippen molar-refractivity contribution in [3.63, 3.8) is 0 Å². The Morgan fingerprint density at radius 2 is 1.55 bits per heavy atom. The molecule has 150 valence electrons. The van der Waals surface area contributed by atoms with Crippen LogP contribution < -0.4 is 11.1 Å². The fraction of sp³-hybridized carbons (Fsp3) is 0.261. The summed E-state index contributed by atoms with van der Waals surface area (Å²) in [4.78, 5) is 37.1. The minimum absolute atomic E-state index is 0.0159. The van der Waals surface area contributed by atoms with E-state index in [1.54, 1.807) is 13.8 Å². The van der Waals surface area contributed by atoms with Gasteiger partial charge in [0.15, 0.2) is 0 Å². The van der Waals surface area contributed by atoms with Crippen LogP contribution in [0.2, 0.25) is 0 Å². The normalized spacial score (nSPS) is 13.0. The number of rotatable bonds is 7. The van der Waals surface area contributed by atoms with Crippen molar-refractivity contribution < 1.29 is 19.1 Å². The molecule has 6 nitrogen and oxygen atoms in total. The van der Waals surface area contributed by atoms with Crippen molar-refractivity contribution in [3.8, 4) is 0 Å². The molecule has 0 heterocycles. The lowest BCUT2D eigenvalue weighted by molar-refractivity contribution is -0.144. The number of nitrogens with one attached hydrogen (secondary N) is 1. The number of amides is 2. The number of primary amides is 1. The molecule has 3 aromatic carbocycles. The van der Waals surface area contributed by atoms with Crippen molar-refractivity contribution >= 4 is 39.3 Å². The summed E-state index contributed by atoms with van der Waals surface area (Å²) in [5, 5.41) is 6.15. The molecular weight excluding hydrogens is 368 g/mol. The maximum Gasteiger partial charge on any atom is 0.306 e. The van der Waals surface area contributed by atoms with Gasteiger partial charge in [-0.05, 0) is 40.5 Å². The first kappa shape index (κ1) is 20.3. The first-order valence-electron chi connectivity index (χ1n) is 9.58. The van der Waals surface area contributed by atoms with E-state index in [1.807, 2.05) is 54.6 Å². The van der Waals surface area contributed by atoms with E-state index in [4.69, 9.17) is 10.5 Å². The van der Waals surface area contributed by atoms with Gasteiger partial charge in [0.25, 0.3) is 5.91 Å². The quantitative estimate of drug-likeness (QED) is 0.477. The number of hydrogen-bond acceptors (Lipinski definition) is 4. The highest BCUT2D eigenvalue weighted by atomic mass is 16.5. The third kappa shape index (κ3) is 4.37. The minimum Gasteiger partial charge on any atom is -0.466 e. The minimum atomic E-state index is -0.996. The van der Waals surface area contributed by atoms with Crippen LogP contribution in [0, 0.1) is 5.92 Å². The van der Waals surface area contributed by atoms with Gasteiger partial charge in [0, 0.05) is 0 Å². The van der Waals surface area contributed by atoms with Crippen LogP contribution in [0.3, 0.4) is 0 Å². The first-order valence-corrected chi connectivity index (χ1v) is 9.58. The Morgan fingerprint density at radius 3 is 2.07 bits per heavy atom. The average Bonchev–Trinajstić information content (AvgIpc) is 2.69. The number of fused-ring (bicyclic) bond motifs is 2. The molecule has 2 amide bonds. The topological polar surface area (TPSA) is 98.5 Å². The van der Waals surface area contributed by atoms with Gasteiger partial charge in [-0.1, -0.05) is 55.5 Å². The Morgan fingerprint density at radius 1 is 1.00 bits per heavy atom. The predicted molar refractivity (Wildman–Crippen MR) is 112 cm³/mol. The van der Waals surface area contributed by atoms with E-state index in [-0.39, 0.29) is 13.0 Å². The molecule has 0 unspecified atom stereocenters. The number of hydrogen-bond donors (Lipinski definition) is 2. The molecule has 3 aromatic rings. The molecular formula is C23H24N2O4. The van der Waals surface area contributed by atoms with Gasteiger partial charge in [-0.15, -0.1) is 0 Å². The zero-order valence-corrected chi connectivity index (χ0v) is 16.5. The van der Waals surface area contributed by atoms with E-state index < -0.39 is 29.7 Å². The molecule has 0 aliphatic carbocycles. The van der Waals surface area contributed by atoms with E-state index in [2.05, 4.69) is 5.32 Å². The van der Waals surface area contributed by atoms with Gasteiger partial charge in [0.1, 0.15) is 6.04 Å². The molecule has 0 fully saturated rings. The summed E-state index contributed by atoms with van der Waals surface area (Å²) >= 11 is 0. The highest BCUT2D eigenvalue weighted by molar-refractivity contribution is 6.18. The van der Waals surface area contributed by atoms with Crippen molar-refractivity contribution in [1.82, 2.24) is 5.32 Å². The van der Waals surface area contributed by atoms with Gasteiger partial charge in [0.05, 0.1) is 18.6 Å². The fourth-order valence-electron chi connectivity index (χ4n) is 3.57. The van der Waals surface area contributed by atoms with Crippen molar-refractivity contribution in [2.45, 2.75) is 26.3 Å². The number of ether oxygens (including phenoxy) is 1. The fourth-order valence-corrected chi connectivity index (χ4v) is 3.57. The van der Waals surface area contributed by atoms with Crippen LogP contribution in [0.25, 0.3) is 21.5 Å². The molecule has 0 saturated heterocycles. The van der Waals surface area contributed by atoms with Crippen molar-refractivity contribution in [2.24, 2.45) is 11.7 Å². The van der Waals surface area contributed by atoms with Crippen LogP contribution in [0.5, 0.6) is 0 Å². The largest absolute Gasteiger partial charge is 0.466 e. The molecule has 3 rings (SSSR count). The van der Waals surface area contributed by atoms with Gasteiger partial charge in [-0.2, -0.15) is 0 Å². The third-order valence-electron chi connectivity index (χ3n) is 4.95. The van der Waals surface area contributed by atoms with E-state index in [9.17, 15) is 14.4 Å². The Hall–Kier alpha value is -3.41. The standard InChI is InChI=1S/C23H24N2O4/c1-3-29-19(26)12-14(2)21(22(24)27)25-23(28)20-17-10-6-4-8-15(17)13-16-9-5-7-11-18(16)20/h4-11,13-14,21H,3,12H2,1-2H3,(H2,24,27)(H,25,28)/t14-,21+/m1/s1. The maximum absolute atomic E-state index is 13.3. The lowest BCUT2D eigenvalue weighted by atomic mass is 9.94. The SMILES string of the molecule is CCOC(=O)C[C@@H](C)[C@H](NC(=O)c1c2ccccc2cc2ccccc12)C(N)=O. The van der Waals surface area contributed by atoms with Crippen LogP contribution >= 0.6 is 0 Å². The van der Waals surface area contributed by atoms with E-state index >= 15 is 0 Å². The summed E-state index contributed by atoms with van der Waals surface area (Å²) in [7, 11) is 0. The second-order valence-corrected chi connectivity index (χ2v) is 7.03. The number of benzene rings is 3. The Kier molecular flexibility index (Phi) is 6.12. The van der Waals surface area contributed by atoms with Gasteiger partial charge >= 0.3 is 5.97 Å². The molecule has 0 spiro atoms. The molecule has 0 radical (unpaired) electrons. The van der Waals surface area contributed by atoms with Crippen LogP contribution in [0.15, 0.2) is 54.6 Å². The van der Waals surface area contributed by atoms with Crippen molar-refractivity contribution in [1.29, 1.82) is 0 Å². The lowest BCUT2D eigenvalue weighted by Gasteiger charge is -2.22. The Balaban J connectivity index is 1.99. The van der Waals surface area contributed by atoms with E-state index in [0.717, 1.165) is 21.5 Å². The molecule has 29 heavy (non-hydrogen) atoms. The summed E-state index contributed by atoms with van der Waals surface area (Å²) in [6.07, 6.45) is -0.0159. The number of carbonyl (C=O) groups is 3. The van der Waals surface area contributed by atoms with E-state index in [1.165, 1.54) is 0 Å². The Labute approximate surface area is 169 Å². The molecule has 2 atom stereocenters. The van der Waals surface area contributed by atoms with Crippen molar-refractivity contribution in [2.75, 3.05) is 6.61 Å². The molecule has 0 aliphatic rings. The summed E-state index contributed by atoms with van der Waals surface area (Å²) in [5.74, 6) is -2.04. The second kappa shape index (κ2) is 8.73. The molecule has 0 aliphatic heterocycles. The van der Waals surface area contributed by atoms with Gasteiger partial charge < -0.3 is 15.8 Å². The molecule has 3 N–H and O–H groups in total.